The molecule has 98 valence electrons. The van der Waals surface area contributed by atoms with Gasteiger partial charge in [0.25, 0.3) is 0 Å². The molecule has 3 heteroatoms. The monoisotopic (exact) mass is 278 g/mol. The summed E-state index contributed by atoms with van der Waals surface area (Å²) in [4.78, 5) is 6.12. The quantitative estimate of drug-likeness (QED) is 0.677. The van der Waals surface area contributed by atoms with Crippen LogP contribution in [0.2, 0.25) is 0 Å². The first-order valence-corrected chi connectivity index (χ1v) is 7.61. The molecule has 2 nitrogen and oxygen atoms in total. The van der Waals surface area contributed by atoms with E-state index in [1.807, 2.05) is 0 Å². The largest absolute Gasteiger partial charge is 0.375 e. The summed E-state index contributed by atoms with van der Waals surface area (Å²) in [7, 11) is 0. The van der Waals surface area contributed by atoms with Gasteiger partial charge in [-0.05, 0) is 41.3 Å². The summed E-state index contributed by atoms with van der Waals surface area (Å²) >= 11 is 1.74. The highest BCUT2D eigenvalue weighted by atomic mass is 32.1. The molecule has 0 aliphatic carbocycles. The van der Waals surface area contributed by atoms with Crippen molar-refractivity contribution in [1.82, 2.24) is 0 Å². The molecule has 0 spiro atoms. The summed E-state index contributed by atoms with van der Waals surface area (Å²) in [6.07, 6.45) is 0. The molecule has 0 fully saturated rings. The number of anilines is 1. The number of hydrogen-bond acceptors (Lipinski definition) is 3. The predicted molar refractivity (Wildman–Crippen MR) is 87.5 cm³/mol. The summed E-state index contributed by atoms with van der Waals surface area (Å²) in [5.41, 5.74) is 3.28. The van der Waals surface area contributed by atoms with Gasteiger partial charge in [0.2, 0.25) is 0 Å². The molecule has 0 saturated carbocycles. The molecule has 0 bridgehead atoms. The number of nitrogens with zero attached hydrogens (tertiary/aromatic N) is 1. The highest BCUT2D eigenvalue weighted by Gasteiger charge is 2.20. The Morgan fingerprint density at radius 3 is 2.60 bits per heavy atom. The molecule has 3 aromatic rings. The number of hydrogen-bond donors (Lipinski definition) is 1. The van der Waals surface area contributed by atoms with Crippen molar-refractivity contribution in [3.05, 3.63) is 58.8 Å². The Balaban J connectivity index is 1.91. The van der Waals surface area contributed by atoms with Crippen molar-refractivity contribution in [3.63, 3.8) is 0 Å². The number of nitrogens with one attached hydrogen (secondary N) is 1. The topological polar surface area (TPSA) is 24.4 Å². The van der Waals surface area contributed by atoms with Gasteiger partial charge in [-0.15, -0.1) is 11.3 Å². The molecule has 1 unspecified atom stereocenters. The van der Waals surface area contributed by atoms with Gasteiger partial charge in [-0.1, -0.05) is 30.3 Å². The third-order valence-electron chi connectivity index (χ3n) is 3.66. The van der Waals surface area contributed by atoms with Gasteiger partial charge < -0.3 is 5.32 Å². The molecule has 1 aromatic heterocycles. The minimum Gasteiger partial charge on any atom is -0.375 e. The van der Waals surface area contributed by atoms with E-state index in [2.05, 4.69) is 66.2 Å². The Bertz CT molecular complexity index is 803. The standard InChI is InChI=1S/C17H14N2S/c1-11-17(16-7-4-8-20-16)19-15-10-13-6-3-2-5-12(13)9-14(15)18-11/h2-11,18H,1H3. The molecule has 0 saturated heterocycles. The Morgan fingerprint density at radius 1 is 1.05 bits per heavy atom. The van der Waals surface area contributed by atoms with Crippen LogP contribution in [0.25, 0.3) is 10.8 Å². The number of benzene rings is 2. The lowest BCUT2D eigenvalue weighted by molar-refractivity contribution is 1.03. The van der Waals surface area contributed by atoms with Crippen LogP contribution in [0.5, 0.6) is 0 Å². The van der Waals surface area contributed by atoms with Crippen LogP contribution in [-0.2, 0) is 0 Å². The Morgan fingerprint density at radius 2 is 1.85 bits per heavy atom. The van der Waals surface area contributed by atoms with Crippen molar-refractivity contribution >= 4 is 39.2 Å². The van der Waals surface area contributed by atoms with E-state index in [1.54, 1.807) is 11.3 Å². The first-order chi connectivity index (χ1) is 9.81. The van der Waals surface area contributed by atoms with Gasteiger partial charge in [-0.3, -0.25) is 0 Å². The second-order valence-corrected chi connectivity index (χ2v) is 6.00. The lowest BCUT2D eigenvalue weighted by atomic mass is 10.0. The van der Waals surface area contributed by atoms with Crippen LogP contribution >= 0.6 is 11.3 Å². The van der Waals surface area contributed by atoms with E-state index in [1.165, 1.54) is 15.6 Å². The zero-order valence-electron chi connectivity index (χ0n) is 11.1. The van der Waals surface area contributed by atoms with Crippen molar-refractivity contribution in [2.45, 2.75) is 13.0 Å². The molecule has 1 aliphatic rings. The van der Waals surface area contributed by atoms with Crippen LogP contribution in [0.1, 0.15) is 11.8 Å². The fourth-order valence-corrected chi connectivity index (χ4v) is 3.46. The lowest BCUT2D eigenvalue weighted by Crippen LogP contribution is -2.28. The van der Waals surface area contributed by atoms with Gasteiger partial charge in [-0.25, -0.2) is 4.99 Å². The van der Waals surface area contributed by atoms with Crippen molar-refractivity contribution in [1.29, 1.82) is 0 Å². The van der Waals surface area contributed by atoms with Crippen LogP contribution in [-0.4, -0.2) is 11.8 Å². The third-order valence-corrected chi connectivity index (χ3v) is 4.55. The number of rotatable bonds is 1. The summed E-state index contributed by atoms with van der Waals surface area (Å²) in [6.45, 7) is 2.16. The van der Waals surface area contributed by atoms with E-state index in [4.69, 9.17) is 4.99 Å². The van der Waals surface area contributed by atoms with Crippen LogP contribution in [0.3, 0.4) is 0 Å². The molecule has 1 N–H and O–H groups in total. The van der Waals surface area contributed by atoms with Gasteiger partial charge in [0.1, 0.15) is 0 Å². The zero-order chi connectivity index (χ0) is 13.5. The lowest BCUT2D eigenvalue weighted by Gasteiger charge is -2.24. The number of fused-ring (bicyclic) bond motifs is 2. The van der Waals surface area contributed by atoms with Crippen molar-refractivity contribution in [2.24, 2.45) is 4.99 Å². The van der Waals surface area contributed by atoms with Crippen LogP contribution < -0.4 is 5.32 Å². The molecule has 0 radical (unpaired) electrons. The van der Waals surface area contributed by atoms with Gasteiger partial charge in [0, 0.05) is 0 Å². The first kappa shape index (κ1) is 11.7. The van der Waals surface area contributed by atoms with Crippen LogP contribution in [0, 0.1) is 0 Å². The van der Waals surface area contributed by atoms with Gasteiger partial charge in [0.05, 0.1) is 28.0 Å². The van der Waals surface area contributed by atoms with Crippen molar-refractivity contribution in [3.8, 4) is 0 Å². The van der Waals surface area contributed by atoms with E-state index in [9.17, 15) is 0 Å². The molecule has 0 amide bonds. The van der Waals surface area contributed by atoms with Crippen LogP contribution in [0.15, 0.2) is 58.9 Å². The second kappa shape index (κ2) is 4.46. The summed E-state index contributed by atoms with van der Waals surface area (Å²) in [5.74, 6) is 0. The molecular weight excluding hydrogens is 264 g/mol. The number of thiophene rings is 1. The maximum Gasteiger partial charge on any atom is 0.0872 e. The van der Waals surface area contributed by atoms with Gasteiger partial charge in [-0.2, -0.15) is 0 Å². The fraction of sp³-hybridized carbons (Fsp3) is 0.118. The SMILES string of the molecule is CC1Nc2cc3ccccc3cc2N=C1c1cccs1. The van der Waals surface area contributed by atoms with E-state index >= 15 is 0 Å². The summed E-state index contributed by atoms with van der Waals surface area (Å²) in [5, 5.41) is 8.15. The molecule has 1 atom stereocenters. The van der Waals surface area contributed by atoms with Crippen molar-refractivity contribution < 1.29 is 0 Å². The average molecular weight is 278 g/mol. The predicted octanol–water partition coefficient (Wildman–Crippen LogP) is 4.84. The smallest absolute Gasteiger partial charge is 0.0872 e. The summed E-state index contributed by atoms with van der Waals surface area (Å²) < 4.78 is 0. The maximum atomic E-state index is 4.88. The minimum atomic E-state index is 0.238. The molecule has 2 aromatic carbocycles. The van der Waals surface area contributed by atoms with E-state index < -0.39 is 0 Å². The van der Waals surface area contributed by atoms with E-state index in [0.717, 1.165) is 17.1 Å². The fourth-order valence-electron chi connectivity index (χ4n) is 2.66. The third kappa shape index (κ3) is 1.82. The first-order valence-electron chi connectivity index (χ1n) is 6.73. The molecule has 20 heavy (non-hydrogen) atoms. The Hall–Kier alpha value is -2.13. The molecule has 2 heterocycles. The highest BCUT2D eigenvalue weighted by molar-refractivity contribution is 7.12. The normalized spacial score (nSPS) is 17.4. The van der Waals surface area contributed by atoms with Gasteiger partial charge >= 0.3 is 0 Å². The summed E-state index contributed by atoms with van der Waals surface area (Å²) in [6, 6.07) is 17.2. The number of aliphatic imine (C=N–C) groups is 1. The Kier molecular flexibility index (Phi) is 2.60. The van der Waals surface area contributed by atoms with Crippen molar-refractivity contribution in [2.75, 3.05) is 5.32 Å². The second-order valence-electron chi connectivity index (χ2n) is 5.06. The molecule has 4 rings (SSSR count). The van der Waals surface area contributed by atoms with Gasteiger partial charge in [0.15, 0.2) is 0 Å². The zero-order valence-corrected chi connectivity index (χ0v) is 11.9. The Labute approximate surface area is 121 Å². The van der Waals surface area contributed by atoms with E-state index in [-0.39, 0.29) is 6.04 Å². The minimum absolute atomic E-state index is 0.238. The molecule has 1 aliphatic heterocycles. The van der Waals surface area contributed by atoms with E-state index in [0.29, 0.717) is 0 Å². The highest BCUT2D eigenvalue weighted by Crippen LogP contribution is 2.35. The van der Waals surface area contributed by atoms with Crippen LogP contribution in [0.4, 0.5) is 11.4 Å². The maximum absolute atomic E-state index is 4.88. The average Bonchev–Trinajstić information content (AvgIpc) is 2.98. The molecular formula is C17H14N2S.